The Labute approximate surface area is 131 Å². The maximum atomic E-state index is 12.4. The molecule has 116 valence electrons. The number of benzene rings is 1. The first-order valence-electron chi connectivity index (χ1n) is 7.72. The molecule has 0 unspecified atom stereocenters. The van der Waals surface area contributed by atoms with Crippen molar-refractivity contribution in [3.05, 3.63) is 35.9 Å². The lowest BCUT2D eigenvalue weighted by Crippen LogP contribution is -2.38. The zero-order valence-corrected chi connectivity index (χ0v) is 13.2. The van der Waals surface area contributed by atoms with E-state index in [9.17, 15) is 9.59 Å². The van der Waals surface area contributed by atoms with Gasteiger partial charge in [-0.2, -0.15) is 5.26 Å². The maximum Gasteiger partial charge on any atom is 0.224 e. The summed E-state index contributed by atoms with van der Waals surface area (Å²) < 4.78 is 0. The molecule has 1 amide bonds. The van der Waals surface area contributed by atoms with Gasteiger partial charge in [-0.3, -0.25) is 9.59 Å². The molecule has 4 heteroatoms. The molecule has 1 fully saturated rings. The summed E-state index contributed by atoms with van der Waals surface area (Å²) in [5.41, 5.74) is 0.0346. The topological polar surface area (TPSA) is 61.2 Å². The quantitative estimate of drug-likeness (QED) is 0.784. The zero-order valence-electron chi connectivity index (χ0n) is 13.2. The number of hydrogen-bond acceptors (Lipinski definition) is 3. The fourth-order valence-corrected chi connectivity index (χ4v) is 2.85. The predicted molar refractivity (Wildman–Crippen MR) is 84.1 cm³/mol. The van der Waals surface area contributed by atoms with Crippen molar-refractivity contribution in [1.82, 2.24) is 4.90 Å². The zero-order chi connectivity index (χ0) is 16.2. The van der Waals surface area contributed by atoms with E-state index >= 15 is 0 Å². The van der Waals surface area contributed by atoms with Crippen molar-refractivity contribution < 1.29 is 9.59 Å². The van der Waals surface area contributed by atoms with Crippen molar-refractivity contribution >= 4 is 11.7 Å². The first-order chi connectivity index (χ1) is 10.4. The molecule has 2 rings (SSSR count). The Kier molecular flexibility index (Phi) is 4.97. The van der Waals surface area contributed by atoms with Crippen LogP contribution in [0.25, 0.3) is 0 Å². The van der Waals surface area contributed by atoms with Gasteiger partial charge in [-0.1, -0.05) is 30.3 Å². The number of carbonyl (C=O) groups excluding carboxylic acids is 2. The molecule has 0 spiro atoms. The van der Waals surface area contributed by atoms with Crippen molar-refractivity contribution in [2.45, 2.75) is 45.6 Å². The number of hydrogen-bond donors (Lipinski definition) is 0. The highest BCUT2D eigenvalue weighted by molar-refractivity contribution is 5.96. The number of likely N-dealkylation sites (tertiary alicyclic amines) is 1. The monoisotopic (exact) mass is 298 g/mol. The average Bonchev–Trinajstić information content (AvgIpc) is 2.96. The Bertz CT molecular complexity index is 587. The number of nitrogens with zero attached hydrogens (tertiary/aromatic N) is 2. The molecule has 22 heavy (non-hydrogen) atoms. The molecule has 0 saturated carbocycles. The van der Waals surface area contributed by atoms with E-state index in [1.54, 1.807) is 18.7 Å². The number of nitriles is 1. The molecule has 1 aliphatic rings. The van der Waals surface area contributed by atoms with E-state index in [0.29, 0.717) is 18.5 Å². The van der Waals surface area contributed by atoms with Gasteiger partial charge in [0.2, 0.25) is 5.91 Å². The Morgan fingerprint density at radius 1 is 1.32 bits per heavy atom. The van der Waals surface area contributed by atoms with Gasteiger partial charge < -0.3 is 4.90 Å². The average molecular weight is 298 g/mol. The van der Waals surface area contributed by atoms with E-state index in [0.717, 1.165) is 12.8 Å². The first kappa shape index (κ1) is 16.2. The lowest BCUT2D eigenvalue weighted by atomic mass is 9.90. The van der Waals surface area contributed by atoms with Crippen LogP contribution >= 0.6 is 0 Å². The third-order valence-electron chi connectivity index (χ3n) is 4.11. The normalized spacial score (nSPS) is 18.0. The van der Waals surface area contributed by atoms with Crippen LogP contribution in [-0.2, 0) is 4.79 Å². The predicted octanol–water partition coefficient (Wildman–Crippen LogP) is 3.19. The molecule has 1 heterocycles. The standard InChI is InChI=1S/C18H22N2O2/c1-18(2,13-19)12-17(22)20-10-6-9-15(20)11-16(21)14-7-4-3-5-8-14/h3-5,7-8,15H,6,9-12H2,1-2H3/t15-/m0/s1. The first-order valence-corrected chi connectivity index (χ1v) is 7.72. The van der Waals surface area contributed by atoms with Gasteiger partial charge in [0.05, 0.1) is 11.5 Å². The maximum absolute atomic E-state index is 12.4. The molecule has 1 saturated heterocycles. The van der Waals surface area contributed by atoms with Gasteiger partial charge in [0, 0.05) is 31.0 Å². The molecule has 0 aliphatic carbocycles. The molecule has 0 aromatic heterocycles. The van der Waals surface area contributed by atoms with Gasteiger partial charge in [-0.05, 0) is 26.7 Å². The van der Waals surface area contributed by atoms with E-state index in [2.05, 4.69) is 6.07 Å². The molecule has 1 aromatic rings. The second-order valence-electron chi connectivity index (χ2n) is 6.55. The SMILES string of the molecule is CC(C)(C#N)CC(=O)N1CCC[C@H]1CC(=O)c1ccccc1. The molecule has 0 radical (unpaired) electrons. The van der Waals surface area contributed by atoms with Gasteiger partial charge in [-0.25, -0.2) is 0 Å². The van der Waals surface area contributed by atoms with E-state index < -0.39 is 5.41 Å². The summed E-state index contributed by atoms with van der Waals surface area (Å²) in [5, 5.41) is 9.07. The van der Waals surface area contributed by atoms with Crippen LogP contribution in [-0.4, -0.2) is 29.2 Å². The Hall–Kier alpha value is -2.15. The minimum Gasteiger partial charge on any atom is -0.339 e. The summed E-state index contributed by atoms with van der Waals surface area (Å²) in [7, 11) is 0. The van der Waals surface area contributed by atoms with Gasteiger partial charge in [0.25, 0.3) is 0 Å². The summed E-state index contributed by atoms with van der Waals surface area (Å²) in [4.78, 5) is 26.5. The second-order valence-corrected chi connectivity index (χ2v) is 6.55. The highest BCUT2D eigenvalue weighted by Gasteiger charge is 2.33. The summed E-state index contributed by atoms with van der Waals surface area (Å²) in [6, 6.07) is 11.3. The minimum absolute atomic E-state index is 0.0186. The fraction of sp³-hybridized carbons (Fsp3) is 0.500. The molecular weight excluding hydrogens is 276 g/mol. The highest BCUT2D eigenvalue weighted by Crippen LogP contribution is 2.26. The van der Waals surface area contributed by atoms with Crippen molar-refractivity contribution in [2.75, 3.05) is 6.54 Å². The van der Waals surface area contributed by atoms with Crippen LogP contribution in [0.2, 0.25) is 0 Å². The van der Waals surface area contributed by atoms with E-state index in [1.807, 2.05) is 30.3 Å². The summed E-state index contributed by atoms with van der Waals surface area (Å²) in [5.74, 6) is 0.0553. The van der Waals surface area contributed by atoms with Crippen molar-refractivity contribution in [3.8, 4) is 6.07 Å². The Morgan fingerprint density at radius 2 is 2.00 bits per heavy atom. The number of ketones is 1. The van der Waals surface area contributed by atoms with Gasteiger partial charge >= 0.3 is 0 Å². The number of carbonyl (C=O) groups is 2. The number of Topliss-reactive ketones (excluding diaryl/α,β-unsaturated/α-hetero) is 1. The largest absolute Gasteiger partial charge is 0.339 e. The molecule has 0 N–H and O–H groups in total. The molecule has 1 aromatic carbocycles. The molecule has 0 bridgehead atoms. The van der Waals surface area contributed by atoms with Crippen molar-refractivity contribution in [2.24, 2.45) is 5.41 Å². The smallest absolute Gasteiger partial charge is 0.224 e. The van der Waals surface area contributed by atoms with Crippen molar-refractivity contribution in [3.63, 3.8) is 0 Å². The van der Waals surface area contributed by atoms with E-state index in [-0.39, 0.29) is 24.2 Å². The van der Waals surface area contributed by atoms with Crippen LogP contribution in [0, 0.1) is 16.7 Å². The molecular formula is C18H22N2O2. The van der Waals surface area contributed by atoms with Crippen LogP contribution in [0.4, 0.5) is 0 Å². The minimum atomic E-state index is -0.659. The third-order valence-corrected chi connectivity index (χ3v) is 4.11. The van der Waals surface area contributed by atoms with Crippen LogP contribution in [0.5, 0.6) is 0 Å². The summed E-state index contributed by atoms with van der Waals surface area (Å²) in [6.45, 7) is 4.23. The highest BCUT2D eigenvalue weighted by atomic mass is 16.2. The second kappa shape index (κ2) is 6.74. The fourth-order valence-electron chi connectivity index (χ4n) is 2.85. The van der Waals surface area contributed by atoms with Crippen molar-refractivity contribution in [1.29, 1.82) is 5.26 Å². The van der Waals surface area contributed by atoms with Gasteiger partial charge in [-0.15, -0.1) is 0 Å². The van der Waals surface area contributed by atoms with Gasteiger partial charge in [0.15, 0.2) is 5.78 Å². The van der Waals surface area contributed by atoms with E-state index in [4.69, 9.17) is 5.26 Å². The Balaban J connectivity index is 2.01. The lowest BCUT2D eigenvalue weighted by molar-refractivity contribution is -0.133. The number of amides is 1. The summed E-state index contributed by atoms with van der Waals surface area (Å²) in [6.07, 6.45) is 2.35. The molecule has 4 nitrogen and oxygen atoms in total. The van der Waals surface area contributed by atoms with Crippen LogP contribution in [0.1, 0.15) is 49.9 Å². The van der Waals surface area contributed by atoms with Gasteiger partial charge in [0.1, 0.15) is 0 Å². The third kappa shape index (κ3) is 3.94. The van der Waals surface area contributed by atoms with E-state index in [1.165, 1.54) is 0 Å². The Morgan fingerprint density at radius 3 is 2.64 bits per heavy atom. The van der Waals surface area contributed by atoms with Crippen LogP contribution in [0.15, 0.2) is 30.3 Å². The lowest BCUT2D eigenvalue weighted by Gasteiger charge is -2.27. The molecule has 1 atom stereocenters. The van der Waals surface area contributed by atoms with Crippen LogP contribution in [0.3, 0.4) is 0 Å². The molecule has 1 aliphatic heterocycles. The summed E-state index contributed by atoms with van der Waals surface area (Å²) >= 11 is 0. The number of rotatable bonds is 5. The van der Waals surface area contributed by atoms with Crippen LogP contribution < -0.4 is 0 Å².